The number of hydrogen-bond acceptors (Lipinski definition) is 9. The van der Waals surface area contributed by atoms with Crippen LogP contribution in [0.1, 0.15) is 11.1 Å². The third-order valence-electron chi connectivity index (χ3n) is 4.25. The number of carbonyl (C=O) groups excluding carboxylic acids is 3. The van der Waals surface area contributed by atoms with Crippen molar-refractivity contribution in [2.45, 2.75) is 12.5 Å². The van der Waals surface area contributed by atoms with Crippen LogP contribution in [0.5, 0.6) is 11.5 Å². The van der Waals surface area contributed by atoms with Crippen LogP contribution >= 0.6 is 0 Å². The number of alkyl carbamates (subject to hydrolysis) is 1. The van der Waals surface area contributed by atoms with Crippen LogP contribution in [0.15, 0.2) is 48.2 Å². The summed E-state index contributed by atoms with van der Waals surface area (Å²) in [7, 11) is 1.18. The highest BCUT2D eigenvalue weighted by Crippen LogP contribution is 2.29. The second kappa shape index (κ2) is 9.05. The summed E-state index contributed by atoms with van der Waals surface area (Å²) in [5.41, 5.74) is 6.29. The molecule has 0 bridgehead atoms. The van der Waals surface area contributed by atoms with Gasteiger partial charge in [0.25, 0.3) is 11.6 Å². The van der Waals surface area contributed by atoms with Crippen molar-refractivity contribution in [3.05, 3.63) is 69.5 Å². The molecule has 0 radical (unpaired) electrons. The molecule has 0 aromatic heterocycles. The van der Waals surface area contributed by atoms with Gasteiger partial charge in [0.1, 0.15) is 17.5 Å². The first-order valence-electron chi connectivity index (χ1n) is 8.90. The summed E-state index contributed by atoms with van der Waals surface area (Å²) in [6.07, 6.45) is 0.479. The lowest BCUT2D eigenvalue weighted by Crippen LogP contribution is -2.33. The number of ether oxygens (including phenoxy) is 3. The number of nitrogens with zero attached hydrogens (tertiary/aromatic N) is 1. The van der Waals surface area contributed by atoms with Crippen LogP contribution in [0.25, 0.3) is 6.08 Å². The van der Waals surface area contributed by atoms with E-state index in [0.717, 1.165) is 0 Å². The minimum absolute atomic E-state index is 0.0647. The van der Waals surface area contributed by atoms with Crippen molar-refractivity contribution in [3.8, 4) is 11.5 Å². The molecule has 2 aromatic rings. The molecular weight excluding hydrogens is 410 g/mol. The molecule has 11 heteroatoms. The highest BCUT2D eigenvalue weighted by atomic mass is 16.6. The Morgan fingerprint density at radius 2 is 1.90 bits per heavy atom. The van der Waals surface area contributed by atoms with Crippen LogP contribution in [-0.4, -0.2) is 36.0 Å². The average Bonchev–Trinajstić information content (AvgIpc) is 3.06. The van der Waals surface area contributed by atoms with Crippen molar-refractivity contribution in [1.82, 2.24) is 5.32 Å². The third-order valence-corrected chi connectivity index (χ3v) is 4.25. The van der Waals surface area contributed by atoms with E-state index in [0.29, 0.717) is 11.3 Å². The fourth-order valence-corrected chi connectivity index (χ4v) is 2.76. The Morgan fingerprint density at radius 3 is 2.48 bits per heavy atom. The fraction of sp³-hybridized carbons (Fsp3) is 0.150. The Kier molecular flexibility index (Phi) is 6.26. The molecule has 0 saturated carbocycles. The number of hydrogen-bond donors (Lipinski definition) is 2. The number of rotatable bonds is 7. The summed E-state index contributed by atoms with van der Waals surface area (Å²) in [6, 6.07) is 9.56. The number of esters is 1. The van der Waals surface area contributed by atoms with Crippen molar-refractivity contribution < 1.29 is 33.5 Å². The second-order valence-electron chi connectivity index (χ2n) is 6.40. The maximum absolute atomic E-state index is 11.5. The monoisotopic (exact) mass is 427 g/mol. The number of carbonyl (C=O) groups is 3. The Morgan fingerprint density at radius 1 is 1.23 bits per heavy atom. The summed E-state index contributed by atoms with van der Waals surface area (Å²) >= 11 is 0. The maximum atomic E-state index is 11.5. The number of nitro benzene ring substituents is 1. The van der Waals surface area contributed by atoms with E-state index in [1.54, 1.807) is 24.3 Å². The number of imide groups is 1. The molecular formula is C20H17N3O8. The van der Waals surface area contributed by atoms with Gasteiger partial charge in [-0.3, -0.25) is 25.0 Å². The SMILES string of the molecule is COC(=O)C(N)Cc1ccc(Oc2ccc(/C=C3/OC(=O)NC3=O)cc2)cc1[N+](=O)[O-]. The number of benzene rings is 2. The number of cyclic esters (lactones) is 1. The highest BCUT2D eigenvalue weighted by molar-refractivity contribution is 6.09. The fourth-order valence-electron chi connectivity index (χ4n) is 2.76. The lowest BCUT2D eigenvalue weighted by Gasteiger charge is -2.11. The summed E-state index contributed by atoms with van der Waals surface area (Å²) in [5, 5.41) is 13.4. The molecule has 31 heavy (non-hydrogen) atoms. The summed E-state index contributed by atoms with van der Waals surface area (Å²) in [4.78, 5) is 44.8. The van der Waals surface area contributed by atoms with E-state index in [4.69, 9.17) is 15.2 Å². The third kappa shape index (κ3) is 5.22. The Hall–Kier alpha value is -4.25. The largest absolute Gasteiger partial charge is 0.468 e. The first-order valence-corrected chi connectivity index (χ1v) is 8.90. The molecule has 1 saturated heterocycles. The van der Waals surface area contributed by atoms with E-state index in [2.05, 4.69) is 4.74 Å². The normalized spacial score (nSPS) is 15.2. The van der Waals surface area contributed by atoms with Gasteiger partial charge in [-0.1, -0.05) is 12.1 Å². The highest BCUT2D eigenvalue weighted by Gasteiger charge is 2.26. The van der Waals surface area contributed by atoms with Gasteiger partial charge in [0, 0.05) is 12.0 Å². The quantitative estimate of drug-likeness (QED) is 0.291. The van der Waals surface area contributed by atoms with Crippen LogP contribution in [0.2, 0.25) is 0 Å². The van der Waals surface area contributed by atoms with Gasteiger partial charge in [0.05, 0.1) is 18.1 Å². The molecule has 3 rings (SSSR count). The van der Waals surface area contributed by atoms with Crippen LogP contribution in [0.3, 0.4) is 0 Å². The van der Waals surface area contributed by atoms with Crippen molar-refractivity contribution in [2.75, 3.05) is 7.11 Å². The molecule has 3 N–H and O–H groups in total. The Balaban J connectivity index is 1.75. The topological polar surface area (TPSA) is 160 Å². The Bertz CT molecular complexity index is 1080. The van der Waals surface area contributed by atoms with Gasteiger partial charge in [-0.25, -0.2) is 4.79 Å². The van der Waals surface area contributed by atoms with E-state index < -0.39 is 28.9 Å². The van der Waals surface area contributed by atoms with Crippen molar-refractivity contribution in [2.24, 2.45) is 5.73 Å². The van der Waals surface area contributed by atoms with Gasteiger partial charge in [-0.05, 0) is 35.9 Å². The smallest absolute Gasteiger partial charge is 0.419 e. The molecule has 1 fully saturated rings. The first-order chi connectivity index (χ1) is 14.8. The summed E-state index contributed by atoms with van der Waals surface area (Å²) in [5.74, 6) is -0.852. The number of amides is 2. The molecule has 1 aliphatic heterocycles. The minimum atomic E-state index is -1.03. The molecule has 11 nitrogen and oxygen atoms in total. The Labute approximate surface area is 175 Å². The van der Waals surface area contributed by atoms with Gasteiger partial charge >= 0.3 is 12.1 Å². The zero-order chi connectivity index (χ0) is 22.5. The molecule has 0 spiro atoms. The second-order valence-corrected chi connectivity index (χ2v) is 6.40. The molecule has 2 amide bonds. The van der Waals surface area contributed by atoms with E-state index in [9.17, 15) is 24.5 Å². The van der Waals surface area contributed by atoms with E-state index in [1.165, 1.54) is 31.4 Å². The number of methoxy groups -OCH3 is 1. The zero-order valence-corrected chi connectivity index (χ0v) is 16.2. The number of nitrogens with two attached hydrogens (primary N) is 1. The average molecular weight is 427 g/mol. The van der Waals surface area contributed by atoms with Crippen molar-refractivity contribution in [3.63, 3.8) is 0 Å². The standard InChI is InChI=1S/C20H17N3O8/c1-29-19(25)15(21)9-12-4-7-14(10-16(12)23(27)28)30-13-5-2-11(3-6-13)8-17-18(24)22-20(26)31-17/h2-8,10,15H,9,21H2,1H3,(H,22,24,26)/b17-8+. The van der Waals surface area contributed by atoms with Crippen LogP contribution in [-0.2, 0) is 25.5 Å². The summed E-state index contributed by atoms with van der Waals surface area (Å²) in [6.45, 7) is 0. The van der Waals surface area contributed by atoms with Gasteiger partial charge in [0.15, 0.2) is 5.76 Å². The van der Waals surface area contributed by atoms with Gasteiger partial charge in [-0.2, -0.15) is 0 Å². The molecule has 1 aliphatic rings. The summed E-state index contributed by atoms with van der Waals surface area (Å²) < 4.78 is 14.9. The lowest BCUT2D eigenvalue weighted by molar-refractivity contribution is -0.385. The van der Waals surface area contributed by atoms with Crippen molar-refractivity contribution >= 4 is 29.7 Å². The van der Waals surface area contributed by atoms with Gasteiger partial charge in [0.2, 0.25) is 0 Å². The molecule has 0 aliphatic carbocycles. The zero-order valence-electron chi connectivity index (χ0n) is 16.2. The van der Waals surface area contributed by atoms with Crippen LogP contribution < -0.4 is 15.8 Å². The lowest BCUT2D eigenvalue weighted by atomic mass is 10.0. The number of nitro groups is 1. The first kappa shape index (κ1) is 21.5. The van der Waals surface area contributed by atoms with E-state index in [-0.39, 0.29) is 29.2 Å². The number of nitrogens with one attached hydrogen (secondary N) is 1. The molecule has 1 heterocycles. The molecule has 160 valence electrons. The predicted octanol–water partition coefficient (Wildman–Crippen LogP) is 2.04. The van der Waals surface area contributed by atoms with Gasteiger partial charge < -0.3 is 19.9 Å². The van der Waals surface area contributed by atoms with Gasteiger partial charge in [-0.15, -0.1) is 0 Å². The molecule has 1 unspecified atom stereocenters. The van der Waals surface area contributed by atoms with E-state index >= 15 is 0 Å². The van der Waals surface area contributed by atoms with Crippen LogP contribution in [0, 0.1) is 10.1 Å². The maximum Gasteiger partial charge on any atom is 0.419 e. The molecule has 2 aromatic carbocycles. The minimum Gasteiger partial charge on any atom is -0.468 e. The predicted molar refractivity (Wildman–Crippen MR) is 106 cm³/mol. The van der Waals surface area contributed by atoms with Crippen molar-refractivity contribution in [1.29, 1.82) is 0 Å². The van der Waals surface area contributed by atoms with Crippen LogP contribution in [0.4, 0.5) is 10.5 Å². The molecule has 1 atom stereocenters. The van der Waals surface area contributed by atoms with E-state index in [1.807, 2.05) is 5.32 Å².